The van der Waals surface area contributed by atoms with Crippen LogP contribution in [0.2, 0.25) is 0 Å². The highest BCUT2D eigenvalue weighted by Gasteiger charge is 2.25. The molecule has 2 heterocycles. The van der Waals surface area contributed by atoms with Crippen LogP contribution in [0.3, 0.4) is 0 Å². The summed E-state index contributed by atoms with van der Waals surface area (Å²) in [4.78, 5) is 36.7. The molecule has 6 heteroatoms. The molecule has 136 valence electrons. The molecule has 0 bridgehead atoms. The van der Waals surface area contributed by atoms with Gasteiger partial charge in [0.15, 0.2) is 0 Å². The second kappa shape index (κ2) is 7.53. The van der Waals surface area contributed by atoms with E-state index < -0.39 is 0 Å². The lowest BCUT2D eigenvalue weighted by molar-refractivity contribution is -0.120. The zero-order valence-corrected chi connectivity index (χ0v) is 14.8. The maximum atomic E-state index is 12.6. The summed E-state index contributed by atoms with van der Waals surface area (Å²) in [6.45, 7) is 0. The van der Waals surface area contributed by atoms with E-state index in [1.54, 1.807) is 24.5 Å². The van der Waals surface area contributed by atoms with Gasteiger partial charge in [0, 0.05) is 35.1 Å². The molecule has 0 saturated heterocycles. The van der Waals surface area contributed by atoms with Crippen molar-refractivity contribution in [2.75, 3.05) is 5.32 Å². The van der Waals surface area contributed by atoms with Gasteiger partial charge in [-0.3, -0.25) is 14.6 Å². The first-order chi connectivity index (χ1) is 13.2. The fraction of sp³-hybridized carbons (Fsp3) is 0.238. The number of H-pyrrole nitrogens is 1. The smallest absolute Gasteiger partial charge is 0.254 e. The van der Waals surface area contributed by atoms with Gasteiger partial charge in [0.1, 0.15) is 5.82 Å². The van der Waals surface area contributed by atoms with Crippen LogP contribution in [0.5, 0.6) is 0 Å². The first-order valence-electron chi connectivity index (χ1n) is 9.09. The van der Waals surface area contributed by atoms with Crippen LogP contribution in [0.25, 0.3) is 11.4 Å². The Morgan fingerprint density at radius 2 is 1.78 bits per heavy atom. The van der Waals surface area contributed by atoms with E-state index >= 15 is 0 Å². The van der Waals surface area contributed by atoms with Crippen LogP contribution in [0, 0.1) is 5.92 Å². The van der Waals surface area contributed by atoms with Crippen molar-refractivity contribution in [3.05, 3.63) is 76.5 Å². The molecular formula is C21H20N4O2. The van der Waals surface area contributed by atoms with Crippen LogP contribution in [0.15, 0.2) is 59.7 Å². The van der Waals surface area contributed by atoms with Crippen LogP contribution >= 0.6 is 0 Å². The number of pyridine rings is 1. The second-order valence-electron chi connectivity index (χ2n) is 6.71. The van der Waals surface area contributed by atoms with Gasteiger partial charge < -0.3 is 10.3 Å². The van der Waals surface area contributed by atoms with Gasteiger partial charge in [0.25, 0.3) is 5.56 Å². The molecule has 0 saturated carbocycles. The lowest BCUT2D eigenvalue weighted by atomic mass is 9.99. The Labute approximate surface area is 156 Å². The van der Waals surface area contributed by atoms with E-state index in [0.29, 0.717) is 37.1 Å². The van der Waals surface area contributed by atoms with E-state index in [2.05, 4.69) is 20.3 Å². The zero-order chi connectivity index (χ0) is 18.6. The summed E-state index contributed by atoms with van der Waals surface area (Å²) in [6.07, 6.45) is 5.78. The van der Waals surface area contributed by atoms with E-state index in [9.17, 15) is 9.59 Å². The number of aromatic nitrogens is 3. The SMILES string of the molecule is O=C(Nc1ccncc1)C1CCc2nc(-c3ccccc3)[nH]c(=O)c2CC1. The van der Waals surface area contributed by atoms with Crippen LogP contribution in [-0.4, -0.2) is 20.9 Å². The fourth-order valence-corrected chi connectivity index (χ4v) is 3.46. The van der Waals surface area contributed by atoms with Crippen molar-refractivity contribution in [3.63, 3.8) is 0 Å². The normalized spacial score (nSPS) is 16.2. The number of nitrogens with one attached hydrogen (secondary N) is 2. The molecule has 4 rings (SSSR count). The van der Waals surface area contributed by atoms with Crippen LogP contribution < -0.4 is 10.9 Å². The van der Waals surface area contributed by atoms with Gasteiger partial charge in [-0.2, -0.15) is 0 Å². The Hall–Kier alpha value is -3.28. The number of amides is 1. The average Bonchev–Trinajstić information content (AvgIpc) is 2.92. The third-order valence-corrected chi connectivity index (χ3v) is 4.94. The maximum Gasteiger partial charge on any atom is 0.254 e. The van der Waals surface area contributed by atoms with Crippen LogP contribution in [0.4, 0.5) is 5.69 Å². The molecule has 2 N–H and O–H groups in total. The molecule has 1 aromatic carbocycles. The molecule has 0 fully saturated rings. The van der Waals surface area contributed by atoms with E-state index in [4.69, 9.17) is 0 Å². The summed E-state index contributed by atoms with van der Waals surface area (Å²) in [7, 11) is 0. The number of nitrogens with zero attached hydrogens (tertiary/aromatic N) is 2. The summed E-state index contributed by atoms with van der Waals surface area (Å²) in [5.41, 5.74) is 3.02. The molecular weight excluding hydrogens is 340 g/mol. The average molecular weight is 360 g/mol. The van der Waals surface area contributed by atoms with E-state index in [1.807, 2.05) is 30.3 Å². The molecule has 0 spiro atoms. The molecule has 2 aromatic heterocycles. The van der Waals surface area contributed by atoms with Crippen molar-refractivity contribution in [1.29, 1.82) is 0 Å². The standard InChI is InChI=1S/C21H20N4O2/c26-20(23-16-10-12-22-13-11-16)15-6-8-17-18(9-7-15)24-19(25-21(17)27)14-4-2-1-3-5-14/h1-5,10-13,15H,6-9H2,(H,22,23,26)(H,24,25,27). The molecule has 1 aliphatic rings. The van der Waals surface area contributed by atoms with Crippen molar-refractivity contribution in [3.8, 4) is 11.4 Å². The molecule has 1 atom stereocenters. The van der Waals surface area contributed by atoms with Gasteiger partial charge >= 0.3 is 0 Å². The lowest BCUT2D eigenvalue weighted by Gasteiger charge is -2.13. The molecule has 1 amide bonds. The number of carbonyl (C=O) groups is 1. The Kier molecular flexibility index (Phi) is 4.78. The fourth-order valence-electron chi connectivity index (χ4n) is 3.46. The first-order valence-corrected chi connectivity index (χ1v) is 9.09. The van der Waals surface area contributed by atoms with Gasteiger partial charge in [-0.1, -0.05) is 30.3 Å². The van der Waals surface area contributed by atoms with Crippen molar-refractivity contribution < 1.29 is 4.79 Å². The molecule has 0 aliphatic heterocycles. The Bertz CT molecular complexity index is 1000. The van der Waals surface area contributed by atoms with Crippen LogP contribution in [0.1, 0.15) is 24.1 Å². The highest BCUT2D eigenvalue weighted by atomic mass is 16.2. The van der Waals surface area contributed by atoms with Gasteiger partial charge in [0.2, 0.25) is 5.91 Å². The van der Waals surface area contributed by atoms with Gasteiger partial charge in [-0.15, -0.1) is 0 Å². The minimum Gasteiger partial charge on any atom is -0.326 e. The Balaban J connectivity index is 1.53. The first kappa shape index (κ1) is 17.1. The predicted octanol–water partition coefficient (Wildman–Crippen LogP) is 2.97. The van der Waals surface area contributed by atoms with E-state index in [1.165, 1.54) is 0 Å². The summed E-state index contributed by atoms with van der Waals surface area (Å²) in [6, 6.07) is 13.1. The minimum atomic E-state index is -0.146. The number of fused-ring (bicyclic) bond motifs is 1. The predicted molar refractivity (Wildman–Crippen MR) is 103 cm³/mol. The van der Waals surface area contributed by atoms with E-state index in [-0.39, 0.29) is 17.4 Å². The topological polar surface area (TPSA) is 87.7 Å². The maximum absolute atomic E-state index is 12.6. The number of benzene rings is 1. The van der Waals surface area contributed by atoms with Crippen molar-refractivity contribution in [2.24, 2.45) is 5.92 Å². The highest BCUT2D eigenvalue weighted by Crippen LogP contribution is 2.24. The Morgan fingerprint density at radius 3 is 2.56 bits per heavy atom. The number of hydrogen-bond acceptors (Lipinski definition) is 4. The monoisotopic (exact) mass is 360 g/mol. The minimum absolute atomic E-state index is 0.0197. The molecule has 0 radical (unpaired) electrons. The summed E-state index contributed by atoms with van der Waals surface area (Å²) in [5.74, 6) is 0.416. The number of aromatic amines is 1. The zero-order valence-electron chi connectivity index (χ0n) is 14.8. The highest BCUT2D eigenvalue weighted by molar-refractivity contribution is 5.92. The summed E-state index contributed by atoms with van der Waals surface area (Å²) < 4.78 is 0. The van der Waals surface area contributed by atoms with Crippen LogP contribution in [-0.2, 0) is 17.6 Å². The number of anilines is 1. The third-order valence-electron chi connectivity index (χ3n) is 4.94. The number of carbonyl (C=O) groups excluding carboxylic acids is 1. The lowest BCUT2D eigenvalue weighted by Crippen LogP contribution is -2.23. The van der Waals surface area contributed by atoms with Gasteiger partial charge in [-0.25, -0.2) is 4.98 Å². The molecule has 1 aliphatic carbocycles. The molecule has 6 nitrogen and oxygen atoms in total. The number of rotatable bonds is 3. The van der Waals surface area contributed by atoms with Crippen molar-refractivity contribution >= 4 is 11.6 Å². The second-order valence-corrected chi connectivity index (χ2v) is 6.71. The third kappa shape index (κ3) is 3.79. The van der Waals surface area contributed by atoms with Gasteiger partial charge in [0.05, 0.1) is 5.69 Å². The van der Waals surface area contributed by atoms with Crippen molar-refractivity contribution in [2.45, 2.75) is 25.7 Å². The van der Waals surface area contributed by atoms with Gasteiger partial charge in [-0.05, 0) is 37.8 Å². The quantitative estimate of drug-likeness (QED) is 0.703. The largest absolute Gasteiger partial charge is 0.326 e. The molecule has 3 aromatic rings. The summed E-state index contributed by atoms with van der Waals surface area (Å²) >= 11 is 0. The number of hydrogen-bond donors (Lipinski definition) is 2. The Morgan fingerprint density at radius 1 is 1.04 bits per heavy atom. The van der Waals surface area contributed by atoms with E-state index in [0.717, 1.165) is 16.9 Å². The number of aryl methyl sites for hydroxylation is 1. The van der Waals surface area contributed by atoms with Crippen molar-refractivity contribution in [1.82, 2.24) is 15.0 Å². The molecule has 27 heavy (non-hydrogen) atoms. The summed E-state index contributed by atoms with van der Waals surface area (Å²) in [5, 5.41) is 2.93. The molecule has 1 unspecified atom stereocenters.